The summed E-state index contributed by atoms with van der Waals surface area (Å²) in [6.07, 6.45) is 3.65. The number of hydrogen-bond donors (Lipinski definition) is 1. The van der Waals surface area contributed by atoms with Crippen molar-refractivity contribution >= 4 is 5.69 Å². The maximum absolute atomic E-state index is 13.7. The highest BCUT2D eigenvalue weighted by Crippen LogP contribution is 2.33. The Morgan fingerprint density at radius 3 is 2.63 bits per heavy atom. The molecule has 0 amide bonds. The number of rotatable bonds is 7. The summed E-state index contributed by atoms with van der Waals surface area (Å²) in [5.41, 5.74) is 2.07. The molecule has 0 aliphatic heterocycles. The largest absolute Gasteiger partial charge is 0.368 e. The fourth-order valence-electron chi connectivity index (χ4n) is 2.41. The van der Waals surface area contributed by atoms with Gasteiger partial charge in [0.2, 0.25) is 0 Å². The molecule has 0 atom stereocenters. The van der Waals surface area contributed by atoms with Gasteiger partial charge >= 0.3 is 0 Å². The van der Waals surface area contributed by atoms with Crippen LogP contribution in [0.3, 0.4) is 0 Å². The van der Waals surface area contributed by atoms with E-state index in [1.165, 1.54) is 12.8 Å². The van der Waals surface area contributed by atoms with Crippen molar-refractivity contribution in [2.45, 2.75) is 45.7 Å². The van der Waals surface area contributed by atoms with Crippen molar-refractivity contribution in [3.63, 3.8) is 0 Å². The zero-order valence-electron chi connectivity index (χ0n) is 12.2. The van der Waals surface area contributed by atoms with Crippen LogP contribution in [0.2, 0.25) is 0 Å². The van der Waals surface area contributed by atoms with Crippen LogP contribution >= 0.6 is 0 Å². The maximum Gasteiger partial charge on any atom is 0.125 e. The molecule has 2 rings (SSSR count). The summed E-state index contributed by atoms with van der Waals surface area (Å²) >= 11 is 0. The second-order valence-corrected chi connectivity index (χ2v) is 5.96. The van der Waals surface area contributed by atoms with Crippen molar-refractivity contribution in [3.05, 3.63) is 29.6 Å². The summed E-state index contributed by atoms with van der Waals surface area (Å²) in [5, 5.41) is 3.09. The van der Waals surface area contributed by atoms with Gasteiger partial charge in [-0.15, -0.1) is 0 Å². The van der Waals surface area contributed by atoms with E-state index in [0.717, 1.165) is 24.2 Å². The molecule has 0 bridgehead atoms. The maximum atomic E-state index is 13.7. The lowest BCUT2D eigenvalue weighted by Crippen LogP contribution is -2.28. The highest BCUT2D eigenvalue weighted by atomic mass is 19.1. The number of hydrogen-bond acceptors (Lipinski definition) is 2. The summed E-state index contributed by atoms with van der Waals surface area (Å²) in [6.45, 7) is 6.23. The van der Waals surface area contributed by atoms with Gasteiger partial charge in [0.05, 0.1) is 0 Å². The molecule has 0 saturated heterocycles. The molecule has 0 aromatic heterocycles. The monoisotopic (exact) mass is 264 g/mol. The number of nitrogens with zero attached hydrogens (tertiary/aromatic N) is 1. The highest BCUT2D eigenvalue weighted by molar-refractivity contribution is 5.51. The summed E-state index contributed by atoms with van der Waals surface area (Å²) < 4.78 is 13.7. The SMILES string of the molecule is CNCc1cc(F)cc(N(CCC(C)C)C2CC2)c1. The van der Waals surface area contributed by atoms with Crippen LogP contribution in [-0.4, -0.2) is 19.6 Å². The van der Waals surface area contributed by atoms with Crippen LogP contribution in [0.5, 0.6) is 0 Å². The first-order valence-corrected chi connectivity index (χ1v) is 7.31. The number of benzene rings is 1. The van der Waals surface area contributed by atoms with E-state index >= 15 is 0 Å². The average molecular weight is 264 g/mol. The molecule has 1 aromatic rings. The van der Waals surface area contributed by atoms with Crippen LogP contribution in [0.25, 0.3) is 0 Å². The van der Waals surface area contributed by atoms with Gasteiger partial charge in [-0.2, -0.15) is 0 Å². The number of nitrogens with one attached hydrogen (secondary N) is 1. The van der Waals surface area contributed by atoms with Gasteiger partial charge in [-0.25, -0.2) is 4.39 Å². The van der Waals surface area contributed by atoms with E-state index < -0.39 is 0 Å². The minimum absolute atomic E-state index is 0.127. The topological polar surface area (TPSA) is 15.3 Å². The van der Waals surface area contributed by atoms with E-state index in [1.54, 1.807) is 12.1 Å². The minimum Gasteiger partial charge on any atom is -0.368 e. The van der Waals surface area contributed by atoms with Crippen molar-refractivity contribution in [3.8, 4) is 0 Å². The predicted octanol–water partition coefficient (Wildman–Crippen LogP) is 3.56. The Kier molecular flexibility index (Phi) is 4.81. The first kappa shape index (κ1) is 14.3. The van der Waals surface area contributed by atoms with Crippen LogP contribution in [0.4, 0.5) is 10.1 Å². The van der Waals surface area contributed by atoms with Crippen LogP contribution in [-0.2, 0) is 6.54 Å². The Labute approximate surface area is 116 Å². The quantitative estimate of drug-likeness (QED) is 0.810. The van der Waals surface area contributed by atoms with Crippen LogP contribution in [0.1, 0.15) is 38.7 Å². The minimum atomic E-state index is -0.127. The lowest BCUT2D eigenvalue weighted by atomic mass is 10.1. The Morgan fingerprint density at radius 2 is 2.05 bits per heavy atom. The zero-order chi connectivity index (χ0) is 13.8. The molecule has 1 aliphatic rings. The van der Waals surface area contributed by atoms with Crippen molar-refractivity contribution in [2.75, 3.05) is 18.5 Å². The molecule has 106 valence electrons. The Hall–Kier alpha value is -1.09. The van der Waals surface area contributed by atoms with E-state index in [0.29, 0.717) is 18.5 Å². The molecule has 1 saturated carbocycles. The second-order valence-electron chi connectivity index (χ2n) is 5.96. The highest BCUT2D eigenvalue weighted by Gasteiger charge is 2.29. The first-order chi connectivity index (χ1) is 9.10. The third-order valence-corrected chi connectivity index (χ3v) is 3.59. The van der Waals surface area contributed by atoms with Gasteiger partial charge in [-0.3, -0.25) is 0 Å². The van der Waals surface area contributed by atoms with Gasteiger partial charge < -0.3 is 10.2 Å². The smallest absolute Gasteiger partial charge is 0.125 e. The molecular formula is C16H25FN2. The molecule has 2 nitrogen and oxygen atoms in total. The molecule has 0 radical (unpaired) electrons. The second kappa shape index (κ2) is 6.38. The van der Waals surface area contributed by atoms with Crippen molar-refractivity contribution in [2.24, 2.45) is 5.92 Å². The molecule has 19 heavy (non-hydrogen) atoms. The lowest BCUT2D eigenvalue weighted by Gasteiger charge is -2.26. The van der Waals surface area contributed by atoms with Gasteiger partial charge in [-0.05, 0) is 56.0 Å². The van der Waals surface area contributed by atoms with Crippen LogP contribution in [0, 0.1) is 11.7 Å². The number of halogens is 1. The molecule has 1 aliphatic carbocycles. The van der Waals surface area contributed by atoms with Crippen LogP contribution < -0.4 is 10.2 Å². The molecule has 0 unspecified atom stereocenters. The first-order valence-electron chi connectivity index (χ1n) is 7.31. The van der Waals surface area contributed by atoms with Gasteiger partial charge in [0, 0.05) is 24.8 Å². The van der Waals surface area contributed by atoms with Gasteiger partial charge in [0.15, 0.2) is 0 Å². The van der Waals surface area contributed by atoms with Crippen LogP contribution in [0.15, 0.2) is 18.2 Å². The van der Waals surface area contributed by atoms with E-state index in [1.807, 2.05) is 7.05 Å². The molecule has 0 spiro atoms. The van der Waals surface area contributed by atoms with Gasteiger partial charge in [0.25, 0.3) is 0 Å². The van der Waals surface area contributed by atoms with E-state index in [9.17, 15) is 4.39 Å². The Bertz CT molecular complexity index is 413. The molecule has 0 heterocycles. The predicted molar refractivity (Wildman–Crippen MR) is 79.0 cm³/mol. The molecule has 1 N–H and O–H groups in total. The van der Waals surface area contributed by atoms with E-state index in [-0.39, 0.29) is 5.82 Å². The normalized spacial score (nSPS) is 15.0. The average Bonchev–Trinajstić information content (AvgIpc) is 3.13. The van der Waals surface area contributed by atoms with Gasteiger partial charge in [-0.1, -0.05) is 13.8 Å². The lowest BCUT2D eigenvalue weighted by molar-refractivity contribution is 0.568. The molecule has 3 heteroatoms. The summed E-state index contributed by atoms with van der Waals surface area (Å²) in [7, 11) is 1.89. The van der Waals surface area contributed by atoms with E-state index in [2.05, 4.69) is 30.1 Å². The summed E-state index contributed by atoms with van der Waals surface area (Å²) in [5.74, 6) is 0.560. The third kappa shape index (κ3) is 4.20. The molecule has 1 fully saturated rings. The standard InChI is InChI=1S/C16H25FN2/c1-12(2)6-7-19(15-4-5-15)16-9-13(11-18-3)8-14(17)10-16/h8-10,12,15,18H,4-7,11H2,1-3H3. The van der Waals surface area contributed by atoms with Crippen molar-refractivity contribution < 1.29 is 4.39 Å². The fraction of sp³-hybridized carbons (Fsp3) is 0.625. The summed E-state index contributed by atoms with van der Waals surface area (Å²) in [4.78, 5) is 2.39. The van der Waals surface area contributed by atoms with Crippen molar-refractivity contribution in [1.29, 1.82) is 0 Å². The fourth-order valence-corrected chi connectivity index (χ4v) is 2.41. The molecular weight excluding hydrogens is 239 g/mol. The molecule has 1 aromatic carbocycles. The Balaban J connectivity index is 2.15. The summed E-state index contributed by atoms with van der Waals surface area (Å²) in [6, 6.07) is 6.05. The third-order valence-electron chi connectivity index (χ3n) is 3.59. The Morgan fingerprint density at radius 1 is 1.32 bits per heavy atom. The zero-order valence-corrected chi connectivity index (χ0v) is 12.2. The van der Waals surface area contributed by atoms with Gasteiger partial charge in [0.1, 0.15) is 5.82 Å². The number of anilines is 1. The van der Waals surface area contributed by atoms with Crippen molar-refractivity contribution in [1.82, 2.24) is 5.32 Å². The van der Waals surface area contributed by atoms with E-state index in [4.69, 9.17) is 0 Å².